The van der Waals surface area contributed by atoms with Crippen LogP contribution < -0.4 is 5.32 Å². The van der Waals surface area contributed by atoms with Gasteiger partial charge in [-0.3, -0.25) is 4.79 Å². The van der Waals surface area contributed by atoms with Crippen molar-refractivity contribution in [1.82, 2.24) is 0 Å². The van der Waals surface area contributed by atoms with Crippen molar-refractivity contribution in [3.8, 4) is 6.07 Å². The highest BCUT2D eigenvalue weighted by Gasteiger charge is 2.14. The average Bonchev–Trinajstić information content (AvgIpc) is 2.51. The molecule has 2 aromatic carbocycles. The van der Waals surface area contributed by atoms with E-state index in [1.165, 1.54) is 6.08 Å². The first-order valence-electron chi connectivity index (χ1n) is 6.65. The number of nitriles is 1. The number of amides is 1. The predicted molar refractivity (Wildman–Crippen MR) is 105 cm³/mol. The summed E-state index contributed by atoms with van der Waals surface area (Å²) < 4.78 is 1.43. The van der Waals surface area contributed by atoms with E-state index in [9.17, 15) is 10.1 Å². The molecule has 0 aromatic heterocycles. The molecule has 0 saturated heterocycles. The second-order valence-corrected chi connectivity index (χ2v) is 7.42. The zero-order valence-corrected chi connectivity index (χ0v) is 17.0. The Morgan fingerprint density at radius 2 is 1.79 bits per heavy atom. The van der Waals surface area contributed by atoms with E-state index in [4.69, 9.17) is 23.2 Å². The lowest BCUT2D eigenvalue weighted by atomic mass is 10.1. The number of hydrogen-bond acceptors (Lipinski definition) is 2. The van der Waals surface area contributed by atoms with Crippen LogP contribution in [0.15, 0.2) is 44.9 Å². The van der Waals surface area contributed by atoms with E-state index < -0.39 is 5.91 Å². The highest BCUT2D eigenvalue weighted by Crippen LogP contribution is 2.32. The minimum absolute atomic E-state index is 0.0484. The molecule has 0 fully saturated rings. The molecule has 0 radical (unpaired) electrons. The summed E-state index contributed by atoms with van der Waals surface area (Å²) in [5.74, 6) is -0.520. The molecular formula is C17H10Br2Cl2N2O. The van der Waals surface area contributed by atoms with Crippen LogP contribution in [-0.4, -0.2) is 5.91 Å². The number of carbonyl (C=O) groups excluding carboxylic acids is 1. The number of rotatable bonds is 3. The van der Waals surface area contributed by atoms with Crippen LogP contribution in [0.1, 0.15) is 11.1 Å². The zero-order chi connectivity index (χ0) is 17.9. The second-order valence-electron chi connectivity index (χ2n) is 4.90. The monoisotopic (exact) mass is 486 g/mol. The van der Waals surface area contributed by atoms with Crippen molar-refractivity contribution in [3.05, 3.63) is 66.0 Å². The van der Waals surface area contributed by atoms with E-state index in [1.54, 1.807) is 18.2 Å². The van der Waals surface area contributed by atoms with Crippen LogP contribution in [0.2, 0.25) is 10.0 Å². The second kappa shape index (κ2) is 8.17. The Bertz CT molecular complexity index is 866. The highest BCUT2D eigenvalue weighted by atomic mass is 79.9. The summed E-state index contributed by atoms with van der Waals surface area (Å²) >= 11 is 18.6. The van der Waals surface area contributed by atoms with E-state index in [-0.39, 0.29) is 5.57 Å². The van der Waals surface area contributed by atoms with Crippen molar-refractivity contribution >= 4 is 72.7 Å². The third kappa shape index (κ3) is 4.61. The lowest BCUT2D eigenvalue weighted by Gasteiger charge is -2.10. The Labute approximate surface area is 166 Å². The smallest absolute Gasteiger partial charge is 0.266 e. The van der Waals surface area contributed by atoms with Crippen molar-refractivity contribution in [2.24, 2.45) is 0 Å². The Kier molecular flexibility index (Phi) is 6.47. The molecule has 0 bridgehead atoms. The van der Waals surface area contributed by atoms with Crippen LogP contribution >= 0.6 is 55.1 Å². The van der Waals surface area contributed by atoms with Crippen molar-refractivity contribution in [3.63, 3.8) is 0 Å². The van der Waals surface area contributed by atoms with Gasteiger partial charge >= 0.3 is 0 Å². The summed E-state index contributed by atoms with van der Waals surface area (Å²) in [6, 6.07) is 10.5. The summed E-state index contributed by atoms with van der Waals surface area (Å²) in [5.41, 5.74) is 2.14. The number of benzene rings is 2. The van der Waals surface area contributed by atoms with Crippen LogP contribution in [0.25, 0.3) is 6.08 Å². The van der Waals surface area contributed by atoms with E-state index >= 15 is 0 Å². The van der Waals surface area contributed by atoms with Crippen molar-refractivity contribution in [2.75, 3.05) is 5.32 Å². The summed E-state index contributed by atoms with van der Waals surface area (Å²) in [7, 11) is 0. The topological polar surface area (TPSA) is 52.9 Å². The van der Waals surface area contributed by atoms with Gasteiger partial charge in [-0.25, -0.2) is 0 Å². The molecule has 0 unspecified atom stereocenters. The van der Waals surface area contributed by atoms with Gasteiger partial charge in [0.25, 0.3) is 5.91 Å². The van der Waals surface area contributed by atoms with Crippen molar-refractivity contribution < 1.29 is 4.79 Å². The van der Waals surface area contributed by atoms with Crippen LogP contribution in [0.5, 0.6) is 0 Å². The minimum atomic E-state index is -0.520. The quantitative estimate of drug-likeness (QED) is 0.403. The maximum atomic E-state index is 12.4. The molecule has 1 amide bonds. The van der Waals surface area contributed by atoms with Crippen LogP contribution in [0, 0.1) is 18.3 Å². The highest BCUT2D eigenvalue weighted by molar-refractivity contribution is 9.11. The molecule has 2 rings (SSSR count). The van der Waals surface area contributed by atoms with Gasteiger partial charge in [0.15, 0.2) is 0 Å². The normalized spacial score (nSPS) is 11.1. The molecule has 0 atom stereocenters. The molecule has 122 valence electrons. The molecule has 0 aliphatic rings. The number of anilines is 1. The number of aryl methyl sites for hydroxylation is 1. The predicted octanol–water partition coefficient (Wildman–Crippen LogP) is 6.37. The third-order valence-electron chi connectivity index (χ3n) is 3.04. The molecule has 3 nitrogen and oxygen atoms in total. The van der Waals surface area contributed by atoms with Gasteiger partial charge in [0, 0.05) is 8.95 Å². The first-order valence-corrected chi connectivity index (χ1v) is 9.00. The molecule has 0 aliphatic heterocycles. The van der Waals surface area contributed by atoms with E-state index in [0.29, 0.717) is 21.3 Å². The van der Waals surface area contributed by atoms with Crippen LogP contribution in [0.3, 0.4) is 0 Å². The van der Waals surface area contributed by atoms with E-state index in [0.717, 1.165) is 14.5 Å². The molecule has 0 aliphatic carbocycles. The first-order chi connectivity index (χ1) is 11.3. The van der Waals surface area contributed by atoms with Gasteiger partial charge in [0.05, 0.1) is 15.7 Å². The number of halogens is 4. The summed E-state index contributed by atoms with van der Waals surface area (Å²) in [6.07, 6.45) is 1.45. The Balaban J connectivity index is 2.31. The molecule has 1 N–H and O–H groups in total. The van der Waals surface area contributed by atoms with Crippen molar-refractivity contribution in [1.29, 1.82) is 5.26 Å². The lowest BCUT2D eigenvalue weighted by molar-refractivity contribution is -0.112. The molecule has 7 heteroatoms. The SMILES string of the molecule is Cc1cc(Br)c(NC(=O)/C(C#N)=C/c2ccc(Cl)c(Cl)c2)c(Br)c1. The van der Waals surface area contributed by atoms with E-state index in [1.807, 2.05) is 25.1 Å². The maximum Gasteiger partial charge on any atom is 0.266 e. The van der Waals surface area contributed by atoms with E-state index in [2.05, 4.69) is 37.2 Å². The minimum Gasteiger partial charge on any atom is -0.319 e. The number of nitrogens with one attached hydrogen (secondary N) is 1. The fourth-order valence-electron chi connectivity index (χ4n) is 1.92. The van der Waals surface area contributed by atoms with Gasteiger partial charge in [0.2, 0.25) is 0 Å². The van der Waals surface area contributed by atoms with Gasteiger partial charge in [0.1, 0.15) is 11.6 Å². The number of nitrogens with zero attached hydrogens (tertiary/aromatic N) is 1. The van der Waals surface area contributed by atoms with Gasteiger partial charge in [-0.05, 0) is 80.3 Å². The molecule has 0 spiro atoms. The fourth-order valence-corrected chi connectivity index (χ4v) is 3.84. The Morgan fingerprint density at radius 3 is 2.33 bits per heavy atom. The Morgan fingerprint density at radius 1 is 1.17 bits per heavy atom. The molecule has 2 aromatic rings. The van der Waals surface area contributed by atoms with Gasteiger partial charge in [-0.2, -0.15) is 5.26 Å². The lowest BCUT2D eigenvalue weighted by Crippen LogP contribution is -2.14. The maximum absolute atomic E-state index is 12.4. The molecule has 24 heavy (non-hydrogen) atoms. The van der Waals surface area contributed by atoms with Gasteiger partial charge in [-0.15, -0.1) is 0 Å². The Hall–Kier alpha value is -1.32. The number of hydrogen-bond donors (Lipinski definition) is 1. The summed E-state index contributed by atoms with van der Waals surface area (Å²) in [5, 5.41) is 12.8. The largest absolute Gasteiger partial charge is 0.319 e. The van der Waals surface area contributed by atoms with Crippen LogP contribution in [0.4, 0.5) is 5.69 Å². The number of carbonyl (C=O) groups is 1. The first kappa shape index (κ1) is 19.0. The fraction of sp³-hybridized carbons (Fsp3) is 0.0588. The molecule has 0 saturated carbocycles. The van der Waals surface area contributed by atoms with Crippen LogP contribution in [-0.2, 0) is 4.79 Å². The molecule has 0 heterocycles. The third-order valence-corrected chi connectivity index (χ3v) is 5.03. The summed E-state index contributed by atoms with van der Waals surface area (Å²) in [4.78, 5) is 12.4. The zero-order valence-electron chi connectivity index (χ0n) is 12.3. The molecular weight excluding hydrogens is 479 g/mol. The summed E-state index contributed by atoms with van der Waals surface area (Å²) in [6.45, 7) is 1.94. The standard InChI is InChI=1S/C17H10Br2Cl2N2O/c1-9-4-12(18)16(13(19)5-9)23-17(24)11(8-22)6-10-2-3-14(20)15(21)7-10/h2-7H,1H3,(H,23,24)/b11-6+. The van der Waals surface area contributed by atoms with Gasteiger partial charge < -0.3 is 5.32 Å². The average molecular weight is 489 g/mol. The van der Waals surface area contributed by atoms with Gasteiger partial charge in [-0.1, -0.05) is 29.3 Å². The van der Waals surface area contributed by atoms with Crippen molar-refractivity contribution in [2.45, 2.75) is 6.92 Å².